The number of ether oxygens (including phenoxy) is 1. The van der Waals surface area contributed by atoms with Gasteiger partial charge in [0.2, 0.25) is 0 Å². The fourth-order valence-corrected chi connectivity index (χ4v) is 2.81. The molecule has 0 saturated heterocycles. The molecule has 1 heterocycles. The second kappa shape index (κ2) is 4.69. The smallest absolute Gasteiger partial charge is 0.311 e. The fourth-order valence-electron chi connectivity index (χ4n) is 2.81. The Balaban J connectivity index is 2.29. The van der Waals surface area contributed by atoms with Crippen LogP contribution in [0.25, 0.3) is 10.8 Å². The van der Waals surface area contributed by atoms with Crippen molar-refractivity contribution in [3.05, 3.63) is 41.5 Å². The lowest BCUT2D eigenvalue weighted by Gasteiger charge is -2.22. The summed E-state index contributed by atoms with van der Waals surface area (Å²) >= 11 is 0. The molecule has 0 aliphatic carbocycles. The van der Waals surface area contributed by atoms with E-state index in [4.69, 9.17) is 4.74 Å². The number of benzene rings is 2. The molecule has 1 aliphatic heterocycles. The van der Waals surface area contributed by atoms with Gasteiger partial charge in [0.05, 0.1) is 6.42 Å². The van der Waals surface area contributed by atoms with Crippen molar-refractivity contribution in [2.24, 2.45) is 0 Å². The van der Waals surface area contributed by atoms with E-state index in [2.05, 4.69) is 44.2 Å². The summed E-state index contributed by atoms with van der Waals surface area (Å²) < 4.78 is 5.44. The number of rotatable bonds is 2. The van der Waals surface area contributed by atoms with Crippen molar-refractivity contribution in [1.82, 2.24) is 0 Å². The van der Waals surface area contributed by atoms with Crippen LogP contribution in [0.4, 0.5) is 0 Å². The van der Waals surface area contributed by atoms with Crippen molar-refractivity contribution < 1.29 is 9.53 Å². The number of hydrogen-bond acceptors (Lipinski definition) is 2. The van der Waals surface area contributed by atoms with Gasteiger partial charge < -0.3 is 4.74 Å². The molecule has 2 heteroatoms. The Kier molecular flexibility index (Phi) is 3.02. The molecular weight excluding hydrogens is 236 g/mol. The Hall–Kier alpha value is -1.83. The van der Waals surface area contributed by atoms with E-state index < -0.39 is 0 Å². The SMILES string of the molecule is CCC(C)c1cc2c(c3ccccc13)CCC(=O)O2. The minimum Gasteiger partial charge on any atom is -0.426 e. The normalized spacial score (nSPS) is 16.0. The van der Waals surface area contributed by atoms with Gasteiger partial charge in [-0.05, 0) is 41.2 Å². The van der Waals surface area contributed by atoms with Crippen molar-refractivity contribution in [3.8, 4) is 5.75 Å². The van der Waals surface area contributed by atoms with E-state index in [9.17, 15) is 4.79 Å². The van der Waals surface area contributed by atoms with Crippen molar-refractivity contribution in [1.29, 1.82) is 0 Å². The number of fused-ring (bicyclic) bond motifs is 3. The molecule has 1 unspecified atom stereocenters. The van der Waals surface area contributed by atoms with Crippen molar-refractivity contribution in [2.45, 2.75) is 39.0 Å². The molecule has 0 radical (unpaired) electrons. The molecular formula is C17H18O2. The molecule has 0 fully saturated rings. The van der Waals surface area contributed by atoms with Gasteiger partial charge in [0.15, 0.2) is 0 Å². The summed E-state index contributed by atoms with van der Waals surface area (Å²) in [5.74, 6) is 1.12. The largest absolute Gasteiger partial charge is 0.426 e. The second-order valence-electron chi connectivity index (χ2n) is 5.27. The van der Waals surface area contributed by atoms with Gasteiger partial charge in [0.25, 0.3) is 0 Å². The first-order valence-electron chi connectivity index (χ1n) is 6.96. The molecule has 2 nitrogen and oxygen atoms in total. The zero-order valence-electron chi connectivity index (χ0n) is 11.4. The quantitative estimate of drug-likeness (QED) is 0.593. The van der Waals surface area contributed by atoms with Crippen molar-refractivity contribution >= 4 is 16.7 Å². The minimum atomic E-state index is -0.113. The summed E-state index contributed by atoms with van der Waals surface area (Å²) in [4.78, 5) is 11.5. The molecule has 19 heavy (non-hydrogen) atoms. The molecule has 2 aromatic rings. The van der Waals surface area contributed by atoms with Gasteiger partial charge in [0, 0.05) is 5.56 Å². The maximum absolute atomic E-state index is 11.5. The Bertz CT molecular complexity index is 643. The molecule has 1 aliphatic rings. The summed E-state index contributed by atoms with van der Waals surface area (Å²) in [6.45, 7) is 4.41. The van der Waals surface area contributed by atoms with Gasteiger partial charge in [-0.25, -0.2) is 0 Å². The number of esters is 1. The number of hydrogen-bond donors (Lipinski definition) is 0. The van der Waals surface area contributed by atoms with Gasteiger partial charge in [0.1, 0.15) is 5.75 Å². The Labute approximate surface area is 113 Å². The van der Waals surface area contributed by atoms with Crippen LogP contribution in [-0.2, 0) is 11.2 Å². The van der Waals surface area contributed by atoms with Gasteiger partial charge in [-0.1, -0.05) is 38.1 Å². The third-order valence-corrected chi connectivity index (χ3v) is 4.09. The van der Waals surface area contributed by atoms with Crippen molar-refractivity contribution in [2.75, 3.05) is 0 Å². The van der Waals surface area contributed by atoms with Crippen LogP contribution in [0.1, 0.15) is 43.7 Å². The monoisotopic (exact) mass is 254 g/mol. The van der Waals surface area contributed by atoms with Crippen LogP contribution < -0.4 is 4.74 Å². The number of aryl methyl sites for hydroxylation is 1. The molecule has 98 valence electrons. The number of carbonyl (C=O) groups is 1. The van der Waals surface area contributed by atoms with Gasteiger partial charge in [-0.2, -0.15) is 0 Å². The van der Waals surface area contributed by atoms with E-state index >= 15 is 0 Å². The first kappa shape index (κ1) is 12.2. The maximum Gasteiger partial charge on any atom is 0.311 e. The lowest BCUT2D eigenvalue weighted by Crippen LogP contribution is -2.16. The highest BCUT2D eigenvalue weighted by Crippen LogP contribution is 2.38. The Morgan fingerprint density at radius 3 is 2.68 bits per heavy atom. The lowest BCUT2D eigenvalue weighted by atomic mass is 9.88. The molecule has 0 saturated carbocycles. The minimum absolute atomic E-state index is 0.113. The van der Waals surface area contributed by atoms with Crippen LogP contribution in [0.3, 0.4) is 0 Å². The zero-order valence-corrected chi connectivity index (χ0v) is 11.4. The topological polar surface area (TPSA) is 26.3 Å². The molecule has 0 amide bonds. The predicted octanol–water partition coefficient (Wildman–Crippen LogP) is 4.20. The van der Waals surface area contributed by atoms with Crippen LogP contribution >= 0.6 is 0 Å². The average Bonchev–Trinajstić information content (AvgIpc) is 2.45. The van der Waals surface area contributed by atoms with Crippen LogP contribution in [0.15, 0.2) is 30.3 Å². The number of carbonyl (C=O) groups excluding carboxylic acids is 1. The molecule has 0 N–H and O–H groups in total. The van der Waals surface area contributed by atoms with E-state index in [1.54, 1.807) is 0 Å². The highest BCUT2D eigenvalue weighted by atomic mass is 16.5. The lowest BCUT2D eigenvalue weighted by molar-refractivity contribution is -0.135. The van der Waals surface area contributed by atoms with Gasteiger partial charge >= 0.3 is 5.97 Å². The molecule has 0 aromatic heterocycles. The molecule has 0 spiro atoms. The first-order chi connectivity index (χ1) is 9.20. The highest BCUT2D eigenvalue weighted by Gasteiger charge is 2.22. The molecule has 3 rings (SSSR count). The molecule has 1 atom stereocenters. The van der Waals surface area contributed by atoms with Gasteiger partial charge in [-0.15, -0.1) is 0 Å². The average molecular weight is 254 g/mol. The zero-order chi connectivity index (χ0) is 13.4. The Morgan fingerprint density at radius 1 is 1.21 bits per heavy atom. The summed E-state index contributed by atoms with van der Waals surface area (Å²) in [5, 5.41) is 2.54. The summed E-state index contributed by atoms with van der Waals surface area (Å²) in [6.07, 6.45) is 2.35. The summed E-state index contributed by atoms with van der Waals surface area (Å²) in [7, 11) is 0. The second-order valence-corrected chi connectivity index (χ2v) is 5.27. The van der Waals surface area contributed by atoms with Crippen molar-refractivity contribution in [3.63, 3.8) is 0 Å². The standard InChI is InChI=1S/C17H18O2/c1-3-11(2)15-10-16-14(8-9-17(18)19-16)12-6-4-5-7-13(12)15/h4-7,10-11H,3,8-9H2,1-2H3. The highest BCUT2D eigenvalue weighted by molar-refractivity contribution is 5.93. The van der Waals surface area contributed by atoms with Gasteiger partial charge in [-0.3, -0.25) is 4.79 Å². The van der Waals surface area contributed by atoms with E-state index in [1.807, 2.05) is 0 Å². The first-order valence-corrected chi connectivity index (χ1v) is 6.96. The molecule has 2 aromatic carbocycles. The van der Waals surface area contributed by atoms with Crippen LogP contribution in [0, 0.1) is 0 Å². The van der Waals surface area contributed by atoms with Crippen LogP contribution in [-0.4, -0.2) is 5.97 Å². The summed E-state index contributed by atoms with van der Waals surface area (Å²) in [6, 6.07) is 10.5. The van der Waals surface area contributed by atoms with Crippen LogP contribution in [0.2, 0.25) is 0 Å². The van der Waals surface area contributed by atoms with Crippen LogP contribution in [0.5, 0.6) is 5.75 Å². The predicted molar refractivity (Wildman–Crippen MR) is 76.6 cm³/mol. The van der Waals surface area contributed by atoms with E-state index in [1.165, 1.54) is 21.9 Å². The third-order valence-electron chi connectivity index (χ3n) is 4.09. The summed E-state index contributed by atoms with van der Waals surface area (Å²) in [5.41, 5.74) is 2.47. The Morgan fingerprint density at radius 2 is 1.95 bits per heavy atom. The fraction of sp³-hybridized carbons (Fsp3) is 0.353. The molecule has 0 bridgehead atoms. The van der Waals surface area contributed by atoms with E-state index in [0.29, 0.717) is 12.3 Å². The van der Waals surface area contributed by atoms with E-state index in [-0.39, 0.29) is 5.97 Å². The van der Waals surface area contributed by atoms with E-state index in [0.717, 1.165) is 18.6 Å². The maximum atomic E-state index is 11.5. The third kappa shape index (κ3) is 2.01.